The van der Waals surface area contributed by atoms with Crippen molar-refractivity contribution in [3.8, 4) is 0 Å². The third kappa shape index (κ3) is 3.72. The molecule has 1 aromatic rings. The Morgan fingerprint density at radius 2 is 1.65 bits per heavy atom. The zero-order chi connectivity index (χ0) is 13.0. The van der Waals surface area contributed by atoms with Crippen LogP contribution in [0.5, 0.6) is 0 Å². The van der Waals surface area contributed by atoms with Crippen LogP contribution in [0, 0.1) is 5.82 Å². The number of carboxylic acid groups (broad SMARTS) is 1. The lowest BCUT2D eigenvalue weighted by atomic mass is 10.3. The largest absolute Gasteiger partial charge is 0.477 e. The van der Waals surface area contributed by atoms with E-state index < -0.39 is 27.8 Å². The number of carbonyl (C=O) groups excluding carboxylic acids is 1. The highest BCUT2D eigenvalue weighted by Crippen LogP contribution is 2.17. The molecule has 0 heterocycles. The van der Waals surface area contributed by atoms with Crippen LogP contribution in [0.3, 0.4) is 0 Å². The van der Waals surface area contributed by atoms with E-state index in [2.05, 4.69) is 5.32 Å². The van der Waals surface area contributed by atoms with Crippen molar-refractivity contribution in [3.63, 3.8) is 0 Å². The average molecular weight is 278 g/mol. The molecule has 0 spiro atoms. The van der Waals surface area contributed by atoms with E-state index in [1.54, 1.807) is 0 Å². The predicted molar refractivity (Wildman–Crippen MR) is 61.4 cm³/mol. The fourth-order valence-corrected chi connectivity index (χ4v) is 1.13. The Labute approximate surface area is 106 Å². The second kappa shape index (κ2) is 5.65. The molecule has 1 aromatic carbocycles. The lowest BCUT2D eigenvalue weighted by Crippen LogP contribution is -2.14. The SMILES string of the molecule is O=C(O)/C(Cl)=C(/Cl)C(=O)Nc1ccc(F)cc1. The van der Waals surface area contributed by atoms with Gasteiger partial charge in [0.15, 0.2) is 0 Å². The summed E-state index contributed by atoms with van der Waals surface area (Å²) < 4.78 is 12.6. The van der Waals surface area contributed by atoms with E-state index >= 15 is 0 Å². The summed E-state index contributed by atoms with van der Waals surface area (Å²) in [5, 5.41) is 9.33. The summed E-state index contributed by atoms with van der Waals surface area (Å²) in [6, 6.07) is 4.86. The van der Waals surface area contributed by atoms with E-state index in [1.807, 2.05) is 0 Å². The highest BCUT2D eigenvalue weighted by Gasteiger charge is 2.17. The highest BCUT2D eigenvalue weighted by atomic mass is 35.5. The zero-order valence-electron chi connectivity index (χ0n) is 8.21. The van der Waals surface area contributed by atoms with Crippen molar-refractivity contribution in [1.82, 2.24) is 0 Å². The first-order chi connectivity index (χ1) is 7.91. The van der Waals surface area contributed by atoms with Gasteiger partial charge in [-0.2, -0.15) is 0 Å². The van der Waals surface area contributed by atoms with Crippen molar-refractivity contribution >= 4 is 40.8 Å². The molecule has 0 aliphatic carbocycles. The number of nitrogens with one attached hydrogen (secondary N) is 1. The quantitative estimate of drug-likeness (QED) is 0.835. The van der Waals surface area contributed by atoms with Crippen molar-refractivity contribution < 1.29 is 19.1 Å². The molecule has 1 rings (SSSR count). The number of hydrogen-bond acceptors (Lipinski definition) is 2. The van der Waals surface area contributed by atoms with Gasteiger partial charge in [-0.25, -0.2) is 9.18 Å². The second-order valence-corrected chi connectivity index (χ2v) is 3.65. The van der Waals surface area contributed by atoms with Gasteiger partial charge in [-0.3, -0.25) is 4.79 Å². The molecule has 17 heavy (non-hydrogen) atoms. The molecule has 4 nitrogen and oxygen atoms in total. The molecule has 0 aliphatic rings. The number of carboxylic acids is 1. The molecule has 0 radical (unpaired) electrons. The molecule has 0 atom stereocenters. The van der Waals surface area contributed by atoms with Crippen LogP contribution < -0.4 is 5.32 Å². The summed E-state index contributed by atoms with van der Waals surface area (Å²) >= 11 is 10.7. The summed E-state index contributed by atoms with van der Waals surface area (Å²) in [7, 11) is 0. The Morgan fingerprint density at radius 3 is 2.12 bits per heavy atom. The van der Waals surface area contributed by atoms with Crippen molar-refractivity contribution in [2.45, 2.75) is 0 Å². The Bertz CT molecular complexity index is 485. The Balaban J connectivity index is 2.83. The standard InChI is InChI=1S/C10H6Cl2FNO3/c11-7(8(12)10(16)17)9(15)14-6-3-1-5(13)2-4-6/h1-4H,(H,14,15)(H,16,17)/b8-7-. The van der Waals surface area contributed by atoms with E-state index in [0.717, 1.165) is 12.1 Å². The summed E-state index contributed by atoms with van der Waals surface area (Å²) in [5.41, 5.74) is 0.268. The fraction of sp³-hybridized carbons (Fsp3) is 0. The fourth-order valence-electron chi connectivity index (χ4n) is 0.913. The highest BCUT2D eigenvalue weighted by molar-refractivity contribution is 6.54. The number of anilines is 1. The van der Waals surface area contributed by atoms with Gasteiger partial charge in [-0.05, 0) is 24.3 Å². The number of aliphatic carboxylic acids is 1. The molecule has 2 N–H and O–H groups in total. The van der Waals surface area contributed by atoms with Gasteiger partial charge < -0.3 is 10.4 Å². The lowest BCUT2D eigenvalue weighted by molar-refractivity contribution is -0.132. The van der Waals surface area contributed by atoms with Crippen molar-refractivity contribution in [3.05, 3.63) is 40.1 Å². The Morgan fingerprint density at radius 1 is 1.12 bits per heavy atom. The monoisotopic (exact) mass is 277 g/mol. The van der Waals surface area contributed by atoms with E-state index in [0.29, 0.717) is 0 Å². The Kier molecular flexibility index (Phi) is 4.48. The molecular weight excluding hydrogens is 272 g/mol. The number of halogens is 3. The van der Waals surface area contributed by atoms with Crippen LogP contribution >= 0.6 is 23.2 Å². The topological polar surface area (TPSA) is 66.4 Å². The summed E-state index contributed by atoms with van der Waals surface area (Å²) in [6.45, 7) is 0. The Hall–Kier alpha value is -1.59. The summed E-state index contributed by atoms with van der Waals surface area (Å²) in [5.74, 6) is -2.86. The molecule has 0 fully saturated rings. The zero-order valence-corrected chi connectivity index (χ0v) is 9.72. The van der Waals surface area contributed by atoms with Gasteiger partial charge in [0.25, 0.3) is 5.91 Å². The number of rotatable bonds is 3. The third-order valence-electron chi connectivity index (χ3n) is 1.68. The van der Waals surface area contributed by atoms with E-state index in [1.165, 1.54) is 12.1 Å². The molecule has 90 valence electrons. The molecule has 0 saturated carbocycles. The number of carbonyl (C=O) groups is 2. The predicted octanol–water partition coefficient (Wildman–Crippen LogP) is 2.54. The van der Waals surface area contributed by atoms with Crippen LogP contribution in [0.2, 0.25) is 0 Å². The number of hydrogen-bond donors (Lipinski definition) is 2. The number of amides is 1. The van der Waals surface area contributed by atoms with Crippen molar-refractivity contribution in [2.24, 2.45) is 0 Å². The van der Waals surface area contributed by atoms with Crippen LogP contribution in [0.25, 0.3) is 0 Å². The normalized spacial score (nSPS) is 11.7. The maximum absolute atomic E-state index is 12.6. The first-order valence-electron chi connectivity index (χ1n) is 4.27. The van der Waals surface area contributed by atoms with Gasteiger partial charge in [0, 0.05) is 5.69 Å². The van der Waals surface area contributed by atoms with Crippen LogP contribution in [0.4, 0.5) is 10.1 Å². The smallest absolute Gasteiger partial charge is 0.349 e. The maximum Gasteiger partial charge on any atom is 0.349 e. The van der Waals surface area contributed by atoms with Crippen LogP contribution in [0.1, 0.15) is 0 Å². The second-order valence-electron chi connectivity index (χ2n) is 2.89. The molecule has 0 bridgehead atoms. The lowest BCUT2D eigenvalue weighted by Gasteiger charge is -2.04. The third-order valence-corrected chi connectivity index (χ3v) is 2.49. The molecular formula is C10H6Cl2FNO3. The summed E-state index contributed by atoms with van der Waals surface area (Å²) in [6.07, 6.45) is 0. The minimum Gasteiger partial charge on any atom is -0.477 e. The van der Waals surface area contributed by atoms with E-state index in [4.69, 9.17) is 28.3 Å². The van der Waals surface area contributed by atoms with Gasteiger partial charge in [0.2, 0.25) is 0 Å². The van der Waals surface area contributed by atoms with Gasteiger partial charge in [0.1, 0.15) is 15.9 Å². The summed E-state index contributed by atoms with van der Waals surface area (Å²) in [4.78, 5) is 21.8. The van der Waals surface area contributed by atoms with E-state index in [9.17, 15) is 14.0 Å². The molecule has 0 aliphatic heterocycles. The van der Waals surface area contributed by atoms with Crippen LogP contribution in [-0.2, 0) is 9.59 Å². The van der Waals surface area contributed by atoms with Gasteiger partial charge in [-0.1, -0.05) is 23.2 Å². The van der Waals surface area contributed by atoms with Gasteiger partial charge in [0.05, 0.1) is 0 Å². The minimum absolute atomic E-state index is 0.268. The van der Waals surface area contributed by atoms with Crippen LogP contribution in [-0.4, -0.2) is 17.0 Å². The van der Waals surface area contributed by atoms with Crippen molar-refractivity contribution in [2.75, 3.05) is 5.32 Å². The first kappa shape index (κ1) is 13.5. The number of benzene rings is 1. The van der Waals surface area contributed by atoms with Crippen LogP contribution in [0.15, 0.2) is 34.3 Å². The van der Waals surface area contributed by atoms with Gasteiger partial charge >= 0.3 is 5.97 Å². The molecule has 1 amide bonds. The van der Waals surface area contributed by atoms with E-state index in [-0.39, 0.29) is 5.69 Å². The van der Waals surface area contributed by atoms with Crippen molar-refractivity contribution in [1.29, 1.82) is 0 Å². The minimum atomic E-state index is -1.51. The first-order valence-corrected chi connectivity index (χ1v) is 5.03. The maximum atomic E-state index is 12.6. The average Bonchev–Trinajstić information content (AvgIpc) is 2.30. The molecule has 7 heteroatoms. The van der Waals surface area contributed by atoms with Gasteiger partial charge in [-0.15, -0.1) is 0 Å². The molecule has 0 unspecified atom stereocenters. The molecule has 0 saturated heterocycles. The molecule has 0 aromatic heterocycles.